The minimum absolute atomic E-state index is 0.0330. The molecule has 1 saturated heterocycles. The average molecular weight is 486 g/mol. The van der Waals surface area contributed by atoms with Gasteiger partial charge in [0, 0.05) is 43.8 Å². The van der Waals surface area contributed by atoms with Gasteiger partial charge in [-0.3, -0.25) is 5.41 Å². The van der Waals surface area contributed by atoms with Crippen LogP contribution in [0.3, 0.4) is 0 Å². The Hall–Kier alpha value is -2.79. The van der Waals surface area contributed by atoms with Gasteiger partial charge in [0.1, 0.15) is 10.5 Å². The summed E-state index contributed by atoms with van der Waals surface area (Å²) in [6.07, 6.45) is -3.69. The molecule has 32 heavy (non-hydrogen) atoms. The highest BCUT2D eigenvalue weighted by Crippen LogP contribution is 2.35. The standard InChI is InChI=1S/C20H19ClF3N5O2S/c1-30-15-8-12-14(9-16(15)31-2)27-19(32-17(12)25)29-5-3-28(4-6-29)18-13(21)7-11(10-26-18)20(22,23)24/h7-10,25H,3-6H2,1-2H3. The zero-order chi connectivity index (χ0) is 23.0. The van der Waals surface area contributed by atoms with Gasteiger partial charge in [0.05, 0.1) is 30.3 Å². The summed E-state index contributed by atoms with van der Waals surface area (Å²) in [5, 5.41) is 9.73. The number of alkyl halides is 3. The molecule has 1 N–H and O–H groups in total. The summed E-state index contributed by atoms with van der Waals surface area (Å²) in [7, 11) is 3.08. The van der Waals surface area contributed by atoms with Crippen LogP contribution >= 0.6 is 22.9 Å². The van der Waals surface area contributed by atoms with E-state index in [9.17, 15) is 13.2 Å². The minimum atomic E-state index is -4.49. The van der Waals surface area contributed by atoms with Crippen LogP contribution in [0.5, 0.6) is 11.5 Å². The van der Waals surface area contributed by atoms with Crippen molar-refractivity contribution in [3.8, 4) is 11.5 Å². The number of methoxy groups -OCH3 is 2. The fourth-order valence-corrected chi connectivity index (χ4v) is 4.68. The summed E-state index contributed by atoms with van der Waals surface area (Å²) in [6.45, 7) is 2.12. The predicted molar refractivity (Wildman–Crippen MR) is 117 cm³/mol. The second kappa shape index (κ2) is 8.62. The first-order chi connectivity index (χ1) is 15.2. The van der Waals surface area contributed by atoms with Crippen molar-refractivity contribution < 1.29 is 22.6 Å². The molecule has 3 aromatic rings. The number of fused-ring (bicyclic) bond motifs is 1. The molecular weight excluding hydrogens is 467 g/mol. The third-order valence-corrected chi connectivity index (χ3v) is 6.39. The van der Waals surface area contributed by atoms with Gasteiger partial charge in [0.15, 0.2) is 16.6 Å². The fourth-order valence-electron chi connectivity index (χ4n) is 3.48. The number of nitrogens with one attached hydrogen (secondary N) is 1. The van der Waals surface area contributed by atoms with Crippen LogP contribution in [0.1, 0.15) is 5.56 Å². The molecule has 1 aliphatic heterocycles. The second-order valence-electron chi connectivity index (χ2n) is 7.05. The van der Waals surface area contributed by atoms with Crippen molar-refractivity contribution in [2.24, 2.45) is 0 Å². The molecule has 0 unspecified atom stereocenters. The lowest BCUT2D eigenvalue weighted by Gasteiger charge is -2.36. The summed E-state index contributed by atoms with van der Waals surface area (Å²) in [5.41, 5.74) is -0.252. The van der Waals surface area contributed by atoms with E-state index >= 15 is 0 Å². The van der Waals surface area contributed by atoms with Crippen LogP contribution in [0.4, 0.5) is 24.1 Å². The molecule has 0 amide bonds. The number of piperazine rings is 1. The molecule has 7 nitrogen and oxygen atoms in total. The second-order valence-corrected chi connectivity index (χ2v) is 8.44. The maximum absolute atomic E-state index is 12.9. The molecule has 0 saturated carbocycles. The van der Waals surface area contributed by atoms with Crippen LogP contribution in [0, 0.1) is 5.41 Å². The molecule has 2 aromatic heterocycles. The molecule has 12 heteroatoms. The van der Waals surface area contributed by atoms with E-state index in [1.54, 1.807) is 12.1 Å². The lowest BCUT2D eigenvalue weighted by molar-refractivity contribution is -0.137. The molecule has 0 spiro atoms. The Morgan fingerprint density at radius 2 is 1.66 bits per heavy atom. The van der Waals surface area contributed by atoms with E-state index in [0.717, 1.165) is 12.3 Å². The van der Waals surface area contributed by atoms with E-state index in [1.807, 2.05) is 9.80 Å². The molecule has 0 atom stereocenters. The van der Waals surface area contributed by atoms with Crippen molar-refractivity contribution >= 4 is 44.8 Å². The van der Waals surface area contributed by atoms with Crippen molar-refractivity contribution in [1.29, 1.82) is 5.41 Å². The van der Waals surface area contributed by atoms with Crippen molar-refractivity contribution in [1.82, 2.24) is 9.97 Å². The van der Waals surface area contributed by atoms with E-state index in [1.165, 1.54) is 25.6 Å². The van der Waals surface area contributed by atoms with Gasteiger partial charge in [-0.25, -0.2) is 9.97 Å². The summed E-state index contributed by atoms with van der Waals surface area (Å²) in [4.78, 5) is 12.5. The molecule has 1 fully saturated rings. The Morgan fingerprint density at radius 3 is 2.25 bits per heavy atom. The lowest BCUT2D eigenvalue weighted by atomic mass is 10.2. The number of aromatic nitrogens is 2. The molecule has 0 aliphatic carbocycles. The van der Waals surface area contributed by atoms with Crippen molar-refractivity contribution in [3.63, 3.8) is 0 Å². The van der Waals surface area contributed by atoms with Crippen LogP contribution in [-0.4, -0.2) is 50.4 Å². The first kappa shape index (κ1) is 22.4. The van der Waals surface area contributed by atoms with Gasteiger partial charge >= 0.3 is 6.18 Å². The summed E-state index contributed by atoms with van der Waals surface area (Å²) < 4.78 is 49.6. The molecule has 170 valence electrons. The van der Waals surface area contributed by atoms with E-state index in [2.05, 4.69) is 4.98 Å². The van der Waals surface area contributed by atoms with E-state index in [4.69, 9.17) is 31.5 Å². The first-order valence-electron chi connectivity index (χ1n) is 9.55. The number of halogens is 4. The van der Waals surface area contributed by atoms with Crippen LogP contribution in [-0.2, 0) is 6.18 Å². The number of nitrogens with zero attached hydrogens (tertiary/aromatic N) is 4. The SMILES string of the molecule is COc1cc2nc(N3CCN(c4ncc(C(F)(F)F)cc4Cl)CC3)sc(=N)c2cc1OC. The highest BCUT2D eigenvalue weighted by Gasteiger charge is 2.32. The van der Waals surface area contributed by atoms with E-state index in [0.29, 0.717) is 64.2 Å². The van der Waals surface area contributed by atoms with Gasteiger partial charge in [-0.05, 0) is 12.1 Å². The van der Waals surface area contributed by atoms with Crippen molar-refractivity contribution in [2.45, 2.75) is 6.18 Å². The van der Waals surface area contributed by atoms with Gasteiger partial charge in [-0.15, -0.1) is 0 Å². The van der Waals surface area contributed by atoms with Crippen molar-refractivity contribution in [3.05, 3.63) is 39.7 Å². The van der Waals surface area contributed by atoms with E-state index < -0.39 is 11.7 Å². The molecule has 1 aliphatic rings. The van der Waals surface area contributed by atoms with Gasteiger partial charge in [0.2, 0.25) is 0 Å². The highest BCUT2D eigenvalue weighted by atomic mass is 35.5. The van der Waals surface area contributed by atoms with Crippen molar-refractivity contribution in [2.75, 3.05) is 50.2 Å². The Labute approximate surface area is 190 Å². The number of hydrogen-bond acceptors (Lipinski definition) is 8. The number of pyridine rings is 1. The minimum Gasteiger partial charge on any atom is -0.493 e. The Bertz CT molecular complexity index is 1210. The largest absolute Gasteiger partial charge is 0.493 e. The van der Waals surface area contributed by atoms with Gasteiger partial charge in [-0.2, -0.15) is 13.2 Å². The molecule has 0 bridgehead atoms. The first-order valence-corrected chi connectivity index (χ1v) is 10.7. The molecule has 1 aromatic carbocycles. The molecular formula is C20H19ClF3N5O2S. The van der Waals surface area contributed by atoms with Crippen LogP contribution < -0.4 is 23.9 Å². The third kappa shape index (κ3) is 4.26. The number of hydrogen-bond donors (Lipinski definition) is 1. The summed E-state index contributed by atoms with van der Waals surface area (Å²) in [5.74, 6) is 1.39. The van der Waals surface area contributed by atoms with Crippen LogP contribution in [0.2, 0.25) is 5.02 Å². The Morgan fingerprint density at radius 1 is 1.03 bits per heavy atom. The maximum atomic E-state index is 12.9. The molecule has 4 rings (SSSR count). The average Bonchev–Trinajstić information content (AvgIpc) is 2.77. The van der Waals surface area contributed by atoms with Crippen LogP contribution in [0.25, 0.3) is 10.9 Å². The smallest absolute Gasteiger partial charge is 0.417 e. The zero-order valence-electron chi connectivity index (χ0n) is 17.2. The number of anilines is 2. The fraction of sp³-hybridized carbons (Fsp3) is 0.350. The topological polar surface area (TPSA) is 74.6 Å². The summed E-state index contributed by atoms with van der Waals surface area (Å²) >= 11 is 7.34. The highest BCUT2D eigenvalue weighted by molar-refractivity contribution is 7.13. The lowest BCUT2D eigenvalue weighted by Crippen LogP contribution is -2.47. The monoisotopic (exact) mass is 485 g/mol. The van der Waals surface area contributed by atoms with Gasteiger partial charge in [0.25, 0.3) is 0 Å². The Balaban J connectivity index is 1.55. The Kier molecular flexibility index (Phi) is 6.04. The number of benzene rings is 1. The summed E-state index contributed by atoms with van der Waals surface area (Å²) in [6, 6.07) is 4.38. The van der Waals surface area contributed by atoms with Gasteiger partial charge < -0.3 is 19.3 Å². The number of rotatable bonds is 4. The molecule has 0 radical (unpaired) electrons. The zero-order valence-corrected chi connectivity index (χ0v) is 18.7. The third-order valence-electron chi connectivity index (χ3n) is 5.15. The molecule has 3 heterocycles. The number of ether oxygens (including phenoxy) is 2. The van der Waals surface area contributed by atoms with E-state index in [-0.39, 0.29) is 5.02 Å². The maximum Gasteiger partial charge on any atom is 0.417 e. The van der Waals surface area contributed by atoms with Crippen LogP contribution in [0.15, 0.2) is 24.4 Å². The predicted octanol–water partition coefficient (Wildman–Crippen LogP) is 4.19. The van der Waals surface area contributed by atoms with Gasteiger partial charge in [-0.1, -0.05) is 22.9 Å². The quantitative estimate of drug-likeness (QED) is 0.597. The normalized spacial score (nSPS) is 14.7.